The molecule has 0 aliphatic carbocycles. The van der Waals surface area contributed by atoms with E-state index in [9.17, 15) is 5.11 Å². The number of rotatable bonds is 6. The molecule has 0 unspecified atom stereocenters. The molecule has 0 aromatic heterocycles. The molecule has 1 N–H and O–H groups in total. The van der Waals surface area contributed by atoms with E-state index in [1.165, 1.54) is 0 Å². The predicted molar refractivity (Wildman–Crippen MR) is 101 cm³/mol. The molecule has 0 aliphatic heterocycles. The van der Waals surface area contributed by atoms with Crippen LogP contribution in [-0.4, -0.2) is 17.3 Å². The van der Waals surface area contributed by atoms with Gasteiger partial charge in [-0.25, -0.2) is 0 Å². The highest BCUT2D eigenvalue weighted by Gasteiger charge is 2.09. The Labute approximate surface area is 150 Å². The van der Waals surface area contributed by atoms with Crippen molar-refractivity contribution >= 4 is 0 Å². The minimum absolute atomic E-state index is 0.427. The largest absolute Gasteiger partial charge is 0.489 e. The van der Waals surface area contributed by atoms with E-state index in [1.54, 1.807) is 13.8 Å². The van der Waals surface area contributed by atoms with Gasteiger partial charge >= 0.3 is 0 Å². The van der Waals surface area contributed by atoms with Crippen LogP contribution in [0, 0.1) is 17.8 Å². The molecule has 3 heteroatoms. The lowest BCUT2D eigenvalue weighted by Crippen LogP contribution is -2.14. The zero-order chi connectivity index (χ0) is 18.3. The van der Waals surface area contributed by atoms with Gasteiger partial charge in [0, 0.05) is 5.56 Å². The van der Waals surface area contributed by atoms with E-state index in [4.69, 9.17) is 9.47 Å². The van der Waals surface area contributed by atoms with Crippen molar-refractivity contribution < 1.29 is 14.6 Å². The van der Waals surface area contributed by atoms with Crippen molar-refractivity contribution in [1.82, 2.24) is 0 Å². The van der Waals surface area contributed by atoms with Crippen LogP contribution < -0.4 is 9.47 Å². The maximum atomic E-state index is 9.77. The van der Waals surface area contributed by atoms with E-state index in [-0.39, 0.29) is 0 Å². The van der Waals surface area contributed by atoms with Crippen LogP contribution >= 0.6 is 0 Å². The Bertz CT molecular complexity index is 731. The van der Waals surface area contributed by atoms with Gasteiger partial charge in [0.2, 0.25) is 0 Å². The first-order valence-electron chi connectivity index (χ1n) is 8.52. The second kappa shape index (κ2) is 8.60. The van der Waals surface area contributed by atoms with E-state index in [0.29, 0.717) is 30.6 Å². The average Bonchev–Trinajstić information content (AvgIpc) is 2.57. The van der Waals surface area contributed by atoms with Crippen molar-refractivity contribution in [2.24, 2.45) is 5.92 Å². The van der Waals surface area contributed by atoms with Crippen molar-refractivity contribution in [1.29, 1.82) is 0 Å². The standard InChI is InChI=1S/C22H26O3/c1-17(2)15-24-20-11-10-18(12-13-22(3,4)23)14-21(20)25-16-19-8-6-5-7-9-19/h5-11,14,17,23H,15-16H2,1-4H3. The van der Waals surface area contributed by atoms with Crippen molar-refractivity contribution in [3.63, 3.8) is 0 Å². The first-order chi connectivity index (χ1) is 11.8. The van der Waals surface area contributed by atoms with Crippen LogP contribution in [0.3, 0.4) is 0 Å². The number of aliphatic hydroxyl groups is 1. The first-order valence-corrected chi connectivity index (χ1v) is 8.52. The van der Waals surface area contributed by atoms with Crippen molar-refractivity contribution in [2.75, 3.05) is 6.61 Å². The molecule has 132 valence electrons. The van der Waals surface area contributed by atoms with Gasteiger partial charge in [-0.2, -0.15) is 0 Å². The van der Waals surface area contributed by atoms with Gasteiger partial charge in [0.05, 0.1) is 6.61 Å². The van der Waals surface area contributed by atoms with Crippen LogP contribution in [-0.2, 0) is 6.61 Å². The summed E-state index contributed by atoms with van der Waals surface area (Å²) in [5.74, 6) is 7.59. The summed E-state index contributed by atoms with van der Waals surface area (Å²) in [5, 5.41) is 9.77. The summed E-state index contributed by atoms with van der Waals surface area (Å²) in [6.45, 7) is 8.61. The minimum Gasteiger partial charge on any atom is -0.489 e. The molecule has 2 aromatic carbocycles. The molecular formula is C22H26O3. The third-order valence-electron chi connectivity index (χ3n) is 3.27. The molecule has 0 fully saturated rings. The Hall–Kier alpha value is -2.44. The summed E-state index contributed by atoms with van der Waals surface area (Å²) in [6, 6.07) is 15.6. The first kappa shape index (κ1) is 18.9. The number of ether oxygens (including phenoxy) is 2. The van der Waals surface area contributed by atoms with Crippen molar-refractivity contribution in [2.45, 2.75) is 39.9 Å². The van der Waals surface area contributed by atoms with Gasteiger partial charge in [-0.05, 0) is 43.5 Å². The maximum absolute atomic E-state index is 9.77. The predicted octanol–water partition coefficient (Wildman–Crippen LogP) is 4.42. The molecular weight excluding hydrogens is 312 g/mol. The second-order valence-corrected chi connectivity index (χ2v) is 6.95. The van der Waals surface area contributed by atoms with Crippen molar-refractivity contribution in [3.8, 4) is 23.3 Å². The fourth-order valence-electron chi connectivity index (χ4n) is 2.03. The van der Waals surface area contributed by atoms with Gasteiger partial charge in [-0.3, -0.25) is 0 Å². The number of hydrogen-bond acceptors (Lipinski definition) is 3. The zero-order valence-electron chi connectivity index (χ0n) is 15.4. The summed E-state index contributed by atoms with van der Waals surface area (Å²) >= 11 is 0. The van der Waals surface area contributed by atoms with E-state index < -0.39 is 5.60 Å². The Kier molecular flexibility index (Phi) is 6.50. The average molecular weight is 338 g/mol. The van der Waals surface area contributed by atoms with Gasteiger partial charge in [-0.15, -0.1) is 0 Å². The molecule has 25 heavy (non-hydrogen) atoms. The topological polar surface area (TPSA) is 38.7 Å². The minimum atomic E-state index is -1.03. The van der Waals surface area contributed by atoms with Crippen LogP contribution in [0.25, 0.3) is 0 Å². The van der Waals surface area contributed by atoms with Gasteiger partial charge in [-0.1, -0.05) is 56.0 Å². The highest BCUT2D eigenvalue weighted by Crippen LogP contribution is 2.29. The van der Waals surface area contributed by atoms with Crippen LogP contribution in [0.2, 0.25) is 0 Å². The lowest BCUT2D eigenvalue weighted by atomic mass is 10.1. The summed E-state index contributed by atoms with van der Waals surface area (Å²) in [5.41, 5.74) is 0.838. The third kappa shape index (κ3) is 6.91. The molecule has 0 saturated heterocycles. The van der Waals surface area contributed by atoms with Crippen LogP contribution in [0.15, 0.2) is 48.5 Å². The smallest absolute Gasteiger partial charge is 0.162 e. The second-order valence-electron chi connectivity index (χ2n) is 6.95. The molecule has 0 amide bonds. The quantitative estimate of drug-likeness (QED) is 0.792. The Balaban J connectivity index is 2.21. The van der Waals surface area contributed by atoms with E-state index in [1.807, 2.05) is 48.5 Å². The molecule has 0 radical (unpaired) electrons. The summed E-state index contributed by atoms with van der Waals surface area (Å²) in [7, 11) is 0. The molecule has 0 aliphatic rings. The highest BCUT2D eigenvalue weighted by atomic mass is 16.5. The molecule has 0 bridgehead atoms. The third-order valence-corrected chi connectivity index (χ3v) is 3.27. The lowest BCUT2D eigenvalue weighted by Gasteiger charge is -2.15. The van der Waals surface area contributed by atoms with Gasteiger partial charge in [0.25, 0.3) is 0 Å². The van der Waals surface area contributed by atoms with Gasteiger partial charge in [0.1, 0.15) is 12.2 Å². The van der Waals surface area contributed by atoms with Crippen LogP contribution in [0.1, 0.15) is 38.8 Å². The van der Waals surface area contributed by atoms with Gasteiger partial charge < -0.3 is 14.6 Å². The maximum Gasteiger partial charge on any atom is 0.162 e. The van der Waals surface area contributed by atoms with E-state index in [0.717, 1.165) is 11.1 Å². The molecule has 3 nitrogen and oxygen atoms in total. The summed E-state index contributed by atoms with van der Waals surface area (Å²) in [6.07, 6.45) is 0. The fraction of sp³-hybridized carbons (Fsp3) is 0.364. The SMILES string of the molecule is CC(C)COc1ccc(C#CC(C)(C)O)cc1OCc1ccccc1. The molecule has 2 aromatic rings. The van der Waals surface area contributed by atoms with E-state index in [2.05, 4.69) is 25.7 Å². The molecule has 0 saturated carbocycles. The lowest BCUT2D eigenvalue weighted by molar-refractivity contribution is 0.143. The molecule has 0 heterocycles. The zero-order valence-corrected chi connectivity index (χ0v) is 15.4. The number of benzene rings is 2. The molecule has 0 atom stereocenters. The monoisotopic (exact) mass is 338 g/mol. The fourth-order valence-corrected chi connectivity index (χ4v) is 2.03. The normalized spacial score (nSPS) is 11.0. The molecule has 0 spiro atoms. The van der Waals surface area contributed by atoms with Crippen molar-refractivity contribution in [3.05, 3.63) is 59.7 Å². The summed E-state index contributed by atoms with van der Waals surface area (Å²) < 4.78 is 11.8. The highest BCUT2D eigenvalue weighted by molar-refractivity contribution is 5.49. The Morgan fingerprint density at radius 1 is 1.00 bits per heavy atom. The molecule has 2 rings (SSSR count). The van der Waals surface area contributed by atoms with Gasteiger partial charge in [0.15, 0.2) is 11.5 Å². The Morgan fingerprint density at radius 3 is 2.36 bits per heavy atom. The van der Waals surface area contributed by atoms with Crippen LogP contribution in [0.4, 0.5) is 0 Å². The summed E-state index contributed by atoms with van der Waals surface area (Å²) in [4.78, 5) is 0. The van der Waals surface area contributed by atoms with Crippen LogP contribution in [0.5, 0.6) is 11.5 Å². The van der Waals surface area contributed by atoms with E-state index >= 15 is 0 Å². The number of hydrogen-bond donors (Lipinski definition) is 1. The Morgan fingerprint density at radius 2 is 1.72 bits per heavy atom.